The number of nitrogens with zero attached hydrogens (tertiary/aromatic N) is 2. The van der Waals surface area contributed by atoms with Crippen molar-refractivity contribution in [2.45, 2.75) is 19.5 Å². The summed E-state index contributed by atoms with van der Waals surface area (Å²) in [5.74, 6) is 1.30. The Labute approximate surface area is 215 Å². The second kappa shape index (κ2) is 10.4. The molecule has 5 rings (SSSR count). The van der Waals surface area contributed by atoms with Gasteiger partial charge in [-0.3, -0.25) is 4.79 Å². The van der Waals surface area contributed by atoms with Gasteiger partial charge in [0.2, 0.25) is 5.88 Å². The van der Waals surface area contributed by atoms with Gasteiger partial charge in [0, 0.05) is 36.0 Å². The van der Waals surface area contributed by atoms with Crippen molar-refractivity contribution >= 4 is 17.4 Å². The summed E-state index contributed by atoms with van der Waals surface area (Å²) >= 11 is 0. The highest BCUT2D eigenvalue weighted by Crippen LogP contribution is 2.40. The predicted molar refractivity (Wildman–Crippen MR) is 138 cm³/mol. The number of pyridine rings is 1. The van der Waals surface area contributed by atoms with Crippen LogP contribution in [0.15, 0.2) is 48.5 Å². The number of carbonyl (C=O) groups is 1. The van der Waals surface area contributed by atoms with Gasteiger partial charge in [-0.1, -0.05) is 6.07 Å². The van der Waals surface area contributed by atoms with E-state index in [2.05, 4.69) is 15.2 Å². The average Bonchev–Trinajstić information content (AvgIpc) is 3.22. The van der Waals surface area contributed by atoms with Gasteiger partial charge in [-0.15, -0.1) is 0 Å². The van der Waals surface area contributed by atoms with Gasteiger partial charge in [0.1, 0.15) is 24.8 Å². The fourth-order valence-electron chi connectivity index (χ4n) is 4.53. The van der Waals surface area contributed by atoms with Gasteiger partial charge in [0.15, 0.2) is 5.67 Å². The molecule has 0 radical (unpaired) electrons. The van der Waals surface area contributed by atoms with Gasteiger partial charge in [-0.05, 0) is 66.9 Å². The largest absolute Gasteiger partial charge is 0.489 e. The SMILES string of the molecule is Cc1ccc(NC(=O)c2ccc3c(c2)C(C)(F)CO3)cc1-c1cc(OCCO)nc(N2CCOCC2)c1. The van der Waals surface area contributed by atoms with Crippen LogP contribution in [-0.4, -0.2) is 62.1 Å². The molecule has 194 valence electrons. The highest BCUT2D eigenvalue weighted by atomic mass is 19.1. The molecule has 9 heteroatoms. The number of alkyl halides is 1. The number of aliphatic hydroxyl groups is 1. The van der Waals surface area contributed by atoms with E-state index in [-0.39, 0.29) is 25.7 Å². The second-order valence-electron chi connectivity index (χ2n) is 9.40. The quantitative estimate of drug-likeness (QED) is 0.498. The van der Waals surface area contributed by atoms with Crippen LogP contribution >= 0.6 is 0 Å². The monoisotopic (exact) mass is 507 g/mol. The number of hydrogen-bond acceptors (Lipinski definition) is 7. The smallest absolute Gasteiger partial charge is 0.255 e. The molecule has 0 bridgehead atoms. The Morgan fingerprint density at radius 1 is 1.19 bits per heavy atom. The van der Waals surface area contributed by atoms with Crippen LogP contribution in [0.4, 0.5) is 15.9 Å². The lowest BCUT2D eigenvalue weighted by molar-refractivity contribution is 0.102. The molecule has 1 aromatic heterocycles. The zero-order chi connectivity index (χ0) is 26.0. The Morgan fingerprint density at radius 3 is 2.78 bits per heavy atom. The molecule has 0 spiro atoms. The standard InChI is InChI=1S/C28H30FN3O5/c1-18-3-5-21(30-27(34)19-4-6-24-23(13-19)28(2,29)17-37-24)16-22(18)20-14-25(32-7-10-35-11-8-32)31-26(15-20)36-12-9-33/h3-6,13-16,33H,7-12,17H2,1-2H3,(H,30,34). The summed E-state index contributed by atoms with van der Waals surface area (Å²) < 4.78 is 31.3. The Kier molecular flexibility index (Phi) is 6.99. The van der Waals surface area contributed by atoms with E-state index < -0.39 is 5.67 Å². The Morgan fingerprint density at radius 2 is 2.00 bits per heavy atom. The predicted octanol–water partition coefficient (Wildman–Crippen LogP) is 4.09. The van der Waals surface area contributed by atoms with E-state index in [0.29, 0.717) is 54.7 Å². The average molecular weight is 508 g/mol. The number of aliphatic hydroxyl groups excluding tert-OH is 1. The molecule has 1 atom stereocenters. The minimum atomic E-state index is -1.63. The molecule has 37 heavy (non-hydrogen) atoms. The van der Waals surface area contributed by atoms with Crippen LogP contribution in [0, 0.1) is 6.92 Å². The van der Waals surface area contributed by atoms with E-state index in [1.165, 1.54) is 6.92 Å². The van der Waals surface area contributed by atoms with Crippen LogP contribution < -0.4 is 19.7 Å². The number of amides is 1. The van der Waals surface area contributed by atoms with Crippen LogP contribution in [0.5, 0.6) is 11.6 Å². The van der Waals surface area contributed by atoms with Crippen LogP contribution in [0.25, 0.3) is 11.1 Å². The summed E-state index contributed by atoms with van der Waals surface area (Å²) in [5, 5.41) is 12.2. The maximum atomic E-state index is 14.7. The molecule has 1 fully saturated rings. The number of fused-ring (bicyclic) bond motifs is 1. The van der Waals surface area contributed by atoms with Gasteiger partial charge in [0.05, 0.1) is 19.8 Å². The molecular weight excluding hydrogens is 477 g/mol. The normalized spacial score (nSPS) is 18.8. The van der Waals surface area contributed by atoms with Crippen molar-refractivity contribution in [3.63, 3.8) is 0 Å². The highest BCUT2D eigenvalue weighted by Gasteiger charge is 2.36. The summed E-state index contributed by atoms with van der Waals surface area (Å²) in [6.07, 6.45) is 0. The van der Waals surface area contributed by atoms with Crippen LogP contribution in [0.1, 0.15) is 28.4 Å². The molecule has 3 aromatic rings. The first-order valence-electron chi connectivity index (χ1n) is 12.3. The first-order chi connectivity index (χ1) is 17.8. The molecule has 3 heterocycles. The van der Waals surface area contributed by atoms with Crippen molar-refractivity contribution in [3.05, 3.63) is 65.2 Å². The van der Waals surface area contributed by atoms with E-state index in [9.17, 15) is 14.3 Å². The van der Waals surface area contributed by atoms with Gasteiger partial charge in [0.25, 0.3) is 5.91 Å². The summed E-state index contributed by atoms with van der Waals surface area (Å²) in [7, 11) is 0. The number of carbonyl (C=O) groups excluding carboxylic acids is 1. The number of nitrogens with one attached hydrogen (secondary N) is 1. The van der Waals surface area contributed by atoms with E-state index in [0.717, 1.165) is 22.5 Å². The van der Waals surface area contributed by atoms with Crippen LogP contribution in [-0.2, 0) is 10.4 Å². The molecule has 2 aliphatic heterocycles. The lowest BCUT2D eigenvalue weighted by atomic mass is 9.97. The number of aryl methyl sites for hydroxylation is 1. The van der Waals surface area contributed by atoms with Gasteiger partial charge in [-0.2, -0.15) is 4.98 Å². The third kappa shape index (κ3) is 5.38. The minimum Gasteiger partial charge on any atom is -0.489 e. The Bertz CT molecular complexity index is 1310. The number of hydrogen-bond donors (Lipinski definition) is 2. The van der Waals surface area contributed by atoms with Crippen molar-refractivity contribution in [2.24, 2.45) is 0 Å². The van der Waals surface area contributed by atoms with E-state index in [1.54, 1.807) is 18.2 Å². The number of ether oxygens (including phenoxy) is 3. The summed E-state index contributed by atoms with van der Waals surface area (Å²) in [6.45, 7) is 6.08. The van der Waals surface area contributed by atoms with E-state index in [1.807, 2.05) is 37.3 Å². The molecule has 8 nitrogen and oxygen atoms in total. The fourth-order valence-corrected chi connectivity index (χ4v) is 4.53. The number of morpholine rings is 1. The minimum absolute atomic E-state index is 0.0584. The maximum absolute atomic E-state index is 14.7. The first kappa shape index (κ1) is 25.0. The summed E-state index contributed by atoms with van der Waals surface area (Å²) in [6, 6.07) is 14.3. The molecule has 2 aromatic carbocycles. The molecule has 1 unspecified atom stereocenters. The van der Waals surface area contributed by atoms with Crippen molar-refractivity contribution < 1.29 is 28.5 Å². The zero-order valence-electron chi connectivity index (χ0n) is 20.9. The van der Waals surface area contributed by atoms with E-state index >= 15 is 0 Å². The third-order valence-corrected chi connectivity index (χ3v) is 6.57. The molecular formula is C28H30FN3O5. The molecule has 0 aliphatic carbocycles. The Balaban J connectivity index is 1.44. The fraction of sp³-hybridized carbons (Fsp3) is 0.357. The number of rotatable bonds is 7. The Hall–Kier alpha value is -3.69. The number of aromatic nitrogens is 1. The third-order valence-electron chi connectivity index (χ3n) is 6.57. The molecule has 0 saturated carbocycles. The molecule has 2 aliphatic rings. The van der Waals surface area contributed by atoms with Crippen molar-refractivity contribution in [3.8, 4) is 22.8 Å². The summed E-state index contributed by atoms with van der Waals surface area (Å²) in [4.78, 5) is 19.8. The lowest BCUT2D eigenvalue weighted by Crippen LogP contribution is -2.36. The van der Waals surface area contributed by atoms with Gasteiger partial charge >= 0.3 is 0 Å². The number of anilines is 2. The topological polar surface area (TPSA) is 93.2 Å². The van der Waals surface area contributed by atoms with Crippen molar-refractivity contribution in [1.82, 2.24) is 4.98 Å². The number of halogens is 1. The van der Waals surface area contributed by atoms with Crippen molar-refractivity contribution in [2.75, 3.05) is 56.3 Å². The first-order valence-corrected chi connectivity index (χ1v) is 12.3. The van der Waals surface area contributed by atoms with Gasteiger partial charge < -0.3 is 29.5 Å². The highest BCUT2D eigenvalue weighted by molar-refractivity contribution is 6.05. The molecule has 2 N–H and O–H groups in total. The zero-order valence-corrected chi connectivity index (χ0v) is 20.9. The van der Waals surface area contributed by atoms with Crippen LogP contribution in [0.2, 0.25) is 0 Å². The van der Waals surface area contributed by atoms with Crippen LogP contribution in [0.3, 0.4) is 0 Å². The lowest BCUT2D eigenvalue weighted by Gasteiger charge is -2.28. The molecule has 1 amide bonds. The summed E-state index contributed by atoms with van der Waals surface area (Å²) in [5.41, 5.74) is 2.50. The number of benzene rings is 2. The molecule has 1 saturated heterocycles. The van der Waals surface area contributed by atoms with Gasteiger partial charge in [-0.25, -0.2) is 4.39 Å². The van der Waals surface area contributed by atoms with Crippen molar-refractivity contribution in [1.29, 1.82) is 0 Å². The van der Waals surface area contributed by atoms with E-state index in [4.69, 9.17) is 14.2 Å². The maximum Gasteiger partial charge on any atom is 0.255 e. The second-order valence-corrected chi connectivity index (χ2v) is 9.40.